The number of nitrogens with zero attached hydrogens (tertiary/aromatic N) is 5. The van der Waals surface area contributed by atoms with Crippen molar-refractivity contribution in [1.29, 1.82) is 0 Å². The fourth-order valence-corrected chi connectivity index (χ4v) is 3.34. The molecule has 0 aromatic carbocycles. The lowest BCUT2D eigenvalue weighted by Crippen LogP contribution is -2.24. The van der Waals surface area contributed by atoms with Gasteiger partial charge in [0.2, 0.25) is 17.8 Å². The van der Waals surface area contributed by atoms with Crippen molar-refractivity contribution in [2.75, 3.05) is 29.5 Å². The van der Waals surface area contributed by atoms with Crippen LogP contribution in [0.1, 0.15) is 13.8 Å². The molecule has 2 amide bonds. The molecule has 2 rings (SSSR count). The molecule has 0 bridgehead atoms. The average molecular weight is 381 g/mol. The summed E-state index contributed by atoms with van der Waals surface area (Å²) in [7, 11) is 0. The van der Waals surface area contributed by atoms with Crippen LogP contribution in [0.4, 0.5) is 5.95 Å². The van der Waals surface area contributed by atoms with E-state index >= 15 is 0 Å². The zero-order valence-electron chi connectivity index (χ0n) is 13.9. The maximum atomic E-state index is 11.1. The van der Waals surface area contributed by atoms with Gasteiger partial charge in [0.25, 0.3) is 0 Å². The second-order valence-corrected chi connectivity index (χ2v) is 6.81. The second kappa shape index (κ2) is 8.81. The van der Waals surface area contributed by atoms with Gasteiger partial charge in [-0.2, -0.15) is 4.98 Å². The number of amides is 2. The summed E-state index contributed by atoms with van der Waals surface area (Å²) >= 11 is 2.30. The summed E-state index contributed by atoms with van der Waals surface area (Å²) in [6.45, 7) is 5.55. The molecule has 0 saturated heterocycles. The van der Waals surface area contributed by atoms with E-state index in [1.165, 1.54) is 11.8 Å². The van der Waals surface area contributed by atoms with E-state index in [-0.39, 0.29) is 11.5 Å². The van der Waals surface area contributed by atoms with Crippen LogP contribution < -0.4 is 16.4 Å². The van der Waals surface area contributed by atoms with E-state index in [4.69, 9.17) is 11.5 Å². The number of nitrogens with two attached hydrogens (primary N) is 2. The number of hydrogen-bond acceptors (Lipinski definition) is 9. The minimum absolute atomic E-state index is 0.0550. The van der Waals surface area contributed by atoms with Crippen LogP contribution in [0.15, 0.2) is 16.4 Å². The Labute approximate surface area is 153 Å². The number of carbonyl (C=O) groups is 2. The summed E-state index contributed by atoms with van der Waals surface area (Å²) in [4.78, 5) is 41.7. The molecule has 0 spiro atoms. The average Bonchev–Trinajstić information content (AvgIpc) is 2.58. The largest absolute Gasteiger partial charge is 0.369 e. The van der Waals surface area contributed by atoms with E-state index in [2.05, 4.69) is 19.9 Å². The SMILES string of the molecule is CCN(CC)c1ncc2c(SCC(N)=O)nc(SCC(N)=O)nc2n1. The van der Waals surface area contributed by atoms with Gasteiger partial charge in [0.15, 0.2) is 10.8 Å². The van der Waals surface area contributed by atoms with Crippen LogP contribution in [0.3, 0.4) is 0 Å². The molecule has 4 N–H and O–H groups in total. The topological polar surface area (TPSA) is 141 Å². The third-order valence-corrected chi connectivity index (χ3v) is 5.01. The van der Waals surface area contributed by atoms with Gasteiger partial charge in [0.1, 0.15) is 5.03 Å². The van der Waals surface area contributed by atoms with Crippen molar-refractivity contribution in [3.05, 3.63) is 6.20 Å². The predicted molar refractivity (Wildman–Crippen MR) is 98.5 cm³/mol. The Morgan fingerprint density at radius 2 is 1.68 bits per heavy atom. The first kappa shape index (κ1) is 19.2. The smallest absolute Gasteiger partial charge is 0.227 e. The summed E-state index contributed by atoms with van der Waals surface area (Å²) in [5.74, 6) is -0.230. The minimum atomic E-state index is -0.466. The van der Waals surface area contributed by atoms with Gasteiger partial charge in [0.05, 0.1) is 16.9 Å². The van der Waals surface area contributed by atoms with Gasteiger partial charge >= 0.3 is 0 Å². The molecule has 2 heterocycles. The number of anilines is 1. The molecule has 134 valence electrons. The van der Waals surface area contributed by atoms with E-state index in [1.807, 2.05) is 18.7 Å². The fourth-order valence-electron chi connectivity index (χ4n) is 1.97. The Morgan fingerprint density at radius 1 is 1.04 bits per heavy atom. The highest BCUT2D eigenvalue weighted by Crippen LogP contribution is 2.27. The molecule has 0 atom stereocenters. The van der Waals surface area contributed by atoms with Crippen molar-refractivity contribution >= 4 is 52.3 Å². The van der Waals surface area contributed by atoms with Gasteiger partial charge in [-0.25, -0.2) is 15.0 Å². The van der Waals surface area contributed by atoms with Gasteiger partial charge < -0.3 is 16.4 Å². The first-order valence-electron chi connectivity index (χ1n) is 7.56. The molecule has 0 aliphatic carbocycles. The van der Waals surface area contributed by atoms with Crippen molar-refractivity contribution in [2.45, 2.75) is 24.0 Å². The lowest BCUT2D eigenvalue weighted by Gasteiger charge is -2.18. The highest BCUT2D eigenvalue weighted by Gasteiger charge is 2.15. The van der Waals surface area contributed by atoms with Crippen LogP contribution in [-0.4, -0.2) is 56.3 Å². The van der Waals surface area contributed by atoms with Crippen molar-refractivity contribution in [2.24, 2.45) is 11.5 Å². The van der Waals surface area contributed by atoms with Crippen LogP contribution in [0.25, 0.3) is 11.0 Å². The van der Waals surface area contributed by atoms with E-state index in [0.29, 0.717) is 27.2 Å². The number of rotatable bonds is 9. The van der Waals surface area contributed by atoms with Crippen molar-refractivity contribution < 1.29 is 9.59 Å². The maximum Gasteiger partial charge on any atom is 0.227 e. The highest BCUT2D eigenvalue weighted by molar-refractivity contribution is 8.00. The van der Waals surface area contributed by atoms with E-state index in [0.717, 1.165) is 24.9 Å². The van der Waals surface area contributed by atoms with E-state index in [1.54, 1.807) is 6.20 Å². The quantitative estimate of drug-likeness (QED) is 0.359. The molecule has 0 radical (unpaired) electrons. The molecule has 2 aromatic heterocycles. The lowest BCUT2D eigenvalue weighted by atomic mass is 10.4. The zero-order chi connectivity index (χ0) is 18.4. The Kier molecular flexibility index (Phi) is 6.76. The Bertz CT molecular complexity index is 783. The van der Waals surface area contributed by atoms with Crippen molar-refractivity contribution in [3.8, 4) is 0 Å². The number of hydrogen-bond donors (Lipinski definition) is 2. The predicted octanol–water partition coefficient (Wildman–Crippen LogP) is 0.421. The van der Waals surface area contributed by atoms with Crippen molar-refractivity contribution in [1.82, 2.24) is 19.9 Å². The first-order valence-corrected chi connectivity index (χ1v) is 9.53. The Morgan fingerprint density at radius 3 is 2.28 bits per heavy atom. The number of primary amides is 2. The number of carbonyl (C=O) groups excluding carboxylic acids is 2. The van der Waals surface area contributed by atoms with Crippen LogP contribution in [-0.2, 0) is 9.59 Å². The molecule has 0 unspecified atom stereocenters. The summed E-state index contributed by atoms with van der Waals surface area (Å²) in [5, 5.41) is 1.54. The zero-order valence-corrected chi connectivity index (χ0v) is 15.6. The van der Waals surface area contributed by atoms with Gasteiger partial charge in [0, 0.05) is 19.3 Å². The third kappa shape index (κ3) is 5.16. The highest BCUT2D eigenvalue weighted by atomic mass is 32.2. The normalized spacial score (nSPS) is 10.8. The standard InChI is InChI=1S/C14H19N7O2S2/c1-3-21(4-2)13-17-5-8-11(18-13)19-14(25-7-10(16)23)20-12(8)24-6-9(15)22/h5H,3-4,6-7H2,1-2H3,(H2,15,22)(H2,16,23). The Balaban J connectivity index is 2.47. The monoisotopic (exact) mass is 381 g/mol. The first-order chi connectivity index (χ1) is 11.9. The molecule has 0 fully saturated rings. The van der Waals surface area contributed by atoms with Crippen molar-refractivity contribution in [3.63, 3.8) is 0 Å². The second-order valence-electron chi connectivity index (χ2n) is 4.90. The molecular formula is C14H19N7O2S2. The van der Waals surface area contributed by atoms with Crippen LogP contribution in [0, 0.1) is 0 Å². The van der Waals surface area contributed by atoms with E-state index < -0.39 is 11.8 Å². The van der Waals surface area contributed by atoms with Crippen LogP contribution in [0.5, 0.6) is 0 Å². The Hall–Kier alpha value is -2.14. The lowest BCUT2D eigenvalue weighted by molar-refractivity contribution is -0.116. The maximum absolute atomic E-state index is 11.1. The molecule has 9 nitrogen and oxygen atoms in total. The number of fused-ring (bicyclic) bond motifs is 1. The number of thioether (sulfide) groups is 2. The molecule has 11 heteroatoms. The summed E-state index contributed by atoms with van der Waals surface area (Å²) in [5.41, 5.74) is 10.8. The molecule has 0 aliphatic rings. The van der Waals surface area contributed by atoms with Gasteiger partial charge in [-0.05, 0) is 13.8 Å². The van der Waals surface area contributed by atoms with Gasteiger partial charge in [-0.15, -0.1) is 0 Å². The third-order valence-electron chi connectivity index (χ3n) is 3.13. The van der Waals surface area contributed by atoms with Gasteiger partial charge in [-0.1, -0.05) is 23.5 Å². The van der Waals surface area contributed by atoms with Crippen LogP contribution in [0.2, 0.25) is 0 Å². The minimum Gasteiger partial charge on any atom is -0.369 e. The summed E-state index contributed by atoms with van der Waals surface area (Å²) in [6, 6.07) is 0. The molecule has 25 heavy (non-hydrogen) atoms. The fraction of sp³-hybridized carbons (Fsp3) is 0.429. The van der Waals surface area contributed by atoms with Crippen LogP contribution >= 0.6 is 23.5 Å². The molecule has 2 aromatic rings. The molecule has 0 saturated carbocycles. The molecular weight excluding hydrogens is 362 g/mol. The number of aromatic nitrogens is 4. The van der Waals surface area contributed by atoms with Gasteiger partial charge in [-0.3, -0.25) is 9.59 Å². The molecule has 0 aliphatic heterocycles. The summed E-state index contributed by atoms with van der Waals surface area (Å²) < 4.78 is 0. The van der Waals surface area contributed by atoms with E-state index in [9.17, 15) is 9.59 Å². The summed E-state index contributed by atoms with van der Waals surface area (Å²) in [6.07, 6.45) is 1.64.